The molecule has 0 fully saturated rings. The maximum absolute atomic E-state index is 5.34. The fourth-order valence-electron chi connectivity index (χ4n) is 1.60. The molecule has 0 unspecified atom stereocenters. The zero-order valence-electron chi connectivity index (χ0n) is 11.5. The molecule has 1 rings (SSSR count). The molecule has 1 N–H and O–H groups in total. The van der Waals surface area contributed by atoms with Gasteiger partial charge in [0, 0.05) is 13.7 Å². The first kappa shape index (κ1) is 13.8. The summed E-state index contributed by atoms with van der Waals surface area (Å²) in [6.07, 6.45) is 0. The number of hydrogen-bond acceptors (Lipinski definition) is 3. The summed E-state index contributed by atoms with van der Waals surface area (Å²) in [4.78, 5) is 0. The number of rotatable bonds is 5. The van der Waals surface area contributed by atoms with Crippen LogP contribution < -0.4 is 10.1 Å². The molecule has 1 aromatic rings. The Balaban J connectivity index is 2.90. The van der Waals surface area contributed by atoms with Crippen molar-refractivity contribution in [3.8, 4) is 5.75 Å². The van der Waals surface area contributed by atoms with Gasteiger partial charge < -0.3 is 14.8 Å². The molecule has 96 valence electrons. The van der Waals surface area contributed by atoms with Crippen molar-refractivity contribution < 1.29 is 9.47 Å². The highest BCUT2D eigenvalue weighted by Gasteiger charge is 2.15. The molecular formula is C14H23NO2. The SMILES string of the molecule is COCCNc1cc(C(C)(C)C)ccc1OC. The van der Waals surface area contributed by atoms with Crippen LogP contribution in [0.5, 0.6) is 5.75 Å². The first-order valence-corrected chi connectivity index (χ1v) is 5.90. The van der Waals surface area contributed by atoms with Gasteiger partial charge >= 0.3 is 0 Å². The van der Waals surface area contributed by atoms with Crippen molar-refractivity contribution >= 4 is 5.69 Å². The highest BCUT2D eigenvalue weighted by Crippen LogP contribution is 2.31. The molecule has 3 heteroatoms. The maximum atomic E-state index is 5.34. The van der Waals surface area contributed by atoms with Crippen molar-refractivity contribution in [2.45, 2.75) is 26.2 Å². The Morgan fingerprint density at radius 3 is 2.41 bits per heavy atom. The zero-order chi connectivity index (χ0) is 12.9. The van der Waals surface area contributed by atoms with E-state index in [1.165, 1.54) is 5.56 Å². The summed E-state index contributed by atoms with van der Waals surface area (Å²) in [7, 11) is 3.39. The quantitative estimate of drug-likeness (QED) is 0.798. The summed E-state index contributed by atoms with van der Waals surface area (Å²) in [6, 6.07) is 6.27. The number of methoxy groups -OCH3 is 2. The lowest BCUT2D eigenvalue weighted by Gasteiger charge is -2.21. The van der Waals surface area contributed by atoms with Crippen LogP contribution in [-0.4, -0.2) is 27.4 Å². The summed E-state index contributed by atoms with van der Waals surface area (Å²) in [6.45, 7) is 8.07. The molecular weight excluding hydrogens is 214 g/mol. The summed E-state index contributed by atoms with van der Waals surface area (Å²) in [5, 5.41) is 3.33. The third kappa shape index (κ3) is 3.93. The fourth-order valence-corrected chi connectivity index (χ4v) is 1.60. The first-order chi connectivity index (χ1) is 7.99. The molecule has 0 spiro atoms. The van der Waals surface area contributed by atoms with Gasteiger partial charge in [0.1, 0.15) is 5.75 Å². The molecule has 0 aliphatic heterocycles. The Hall–Kier alpha value is -1.22. The van der Waals surface area contributed by atoms with Crippen molar-refractivity contribution in [3.63, 3.8) is 0 Å². The van der Waals surface area contributed by atoms with Crippen LogP contribution in [0, 0.1) is 0 Å². The van der Waals surface area contributed by atoms with Gasteiger partial charge in [-0.15, -0.1) is 0 Å². The van der Waals surface area contributed by atoms with Gasteiger partial charge in [0.2, 0.25) is 0 Å². The topological polar surface area (TPSA) is 30.5 Å². The lowest BCUT2D eigenvalue weighted by atomic mass is 9.87. The molecule has 3 nitrogen and oxygen atoms in total. The maximum Gasteiger partial charge on any atom is 0.141 e. The van der Waals surface area contributed by atoms with E-state index >= 15 is 0 Å². The van der Waals surface area contributed by atoms with Crippen LogP contribution in [0.25, 0.3) is 0 Å². The first-order valence-electron chi connectivity index (χ1n) is 5.90. The molecule has 0 radical (unpaired) electrons. The fraction of sp³-hybridized carbons (Fsp3) is 0.571. The van der Waals surface area contributed by atoms with Gasteiger partial charge in [-0.3, -0.25) is 0 Å². The van der Waals surface area contributed by atoms with E-state index < -0.39 is 0 Å². The summed E-state index contributed by atoms with van der Waals surface area (Å²) in [5.41, 5.74) is 2.46. The van der Waals surface area contributed by atoms with Gasteiger partial charge in [-0.2, -0.15) is 0 Å². The molecule has 0 bridgehead atoms. The van der Waals surface area contributed by atoms with Crippen molar-refractivity contribution in [2.24, 2.45) is 0 Å². The van der Waals surface area contributed by atoms with Gasteiger partial charge in [0.25, 0.3) is 0 Å². The van der Waals surface area contributed by atoms with Crippen LogP contribution in [0.15, 0.2) is 18.2 Å². The standard InChI is InChI=1S/C14H23NO2/c1-14(2,3)11-6-7-13(17-5)12(10-11)15-8-9-16-4/h6-7,10,15H,8-9H2,1-5H3. The predicted molar refractivity (Wildman–Crippen MR) is 72.1 cm³/mol. The molecule has 0 saturated carbocycles. The summed E-state index contributed by atoms with van der Waals surface area (Å²) < 4.78 is 10.4. The van der Waals surface area contributed by atoms with Gasteiger partial charge in [0.15, 0.2) is 0 Å². The average Bonchev–Trinajstić information content (AvgIpc) is 2.28. The van der Waals surface area contributed by atoms with Gasteiger partial charge in [-0.25, -0.2) is 0 Å². The van der Waals surface area contributed by atoms with Gasteiger partial charge in [0.05, 0.1) is 19.4 Å². The highest BCUT2D eigenvalue weighted by atomic mass is 16.5. The number of hydrogen-bond donors (Lipinski definition) is 1. The second kappa shape index (κ2) is 5.92. The van der Waals surface area contributed by atoms with Gasteiger partial charge in [-0.1, -0.05) is 26.8 Å². The number of benzene rings is 1. The van der Waals surface area contributed by atoms with Crippen LogP contribution in [0.1, 0.15) is 26.3 Å². The van der Waals surface area contributed by atoms with Crippen LogP contribution in [-0.2, 0) is 10.2 Å². The van der Waals surface area contributed by atoms with Crippen LogP contribution in [0.2, 0.25) is 0 Å². The summed E-state index contributed by atoms with van der Waals surface area (Å²) >= 11 is 0. The molecule has 0 amide bonds. The predicted octanol–water partition coefficient (Wildman–Crippen LogP) is 3.05. The lowest BCUT2D eigenvalue weighted by molar-refractivity contribution is 0.210. The van der Waals surface area contributed by atoms with E-state index in [-0.39, 0.29) is 5.41 Å². The Kier molecular flexibility index (Phi) is 4.82. The summed E-state index contributed by atoms with van der Waals surface area (Å²) in [5.74, 6) is 0.870. The molecule has 0 aromatic heterocycles. The van der Waals surface area contributed by atoms with Gasteiger partial charge in [-0.05, 0) is 23.1 Å². The van der Waals surface area contributed by atoms with Crippen molar-refractivity contribution in [1.82, 2.24) is 0 Å². The Bertz CT molecular complexity index is 356. The molecule has 0 saturated heterocycles. The van der Waals surface area contributed by atoms with Crippen LogP contribution >= 0.6 is 0 Å². The Morgan fingerprint density at radius 2 is 1.88 bits per heavy atom. The molecule has 0 aliphatic rings. The van der Waals surface area contributed by atoms with E-state index in [0.717, 1.165) is 18.0 Å². The molecule has 1 aromatic carbocycles. The molecule has 17 heavy (non-hydrogen) atoms. The Labute approximate surface area is 104 Å². The number of nitrogens with one attached hydrogen (secondary N) is 1. The largest absolute Gasteiger partial charge is 0.495 e. The van der Waals surface area contributed by atoms with E-state index in [4.69, 9.17) is 9.47 Å². The minimum atomic E-state index is 0.143. The number of anilines is 1. The van der Waals surface area contributed by atoms with E-state index in [1.54, 1.807) is 14.2 Å². The number of ether oxygens (including phenoxy) is 2. The average molecular weight is 237 g/mol. The van der Waals surface area contributed by atoms with E-state index in [1.807, 2.05) is 6.07 Å². The third-order valence-corrected chi connectivity index (χ3v) is 2.69. The Morgan fingerprint density at radius 1 is 1.18 bits per heavy atom. The second-order valence-electron chi connectivity index (χ2n) is 5.08. The minimum absolute atomic E-state index is 0.143. The van der Waals surface area contributed by atoms with E-state index in [9.17, 15) is 0 Å². The smallest absolute Gasteiger partial charge is 0.141 e. The normalized spacial score (nSPS) is 11.4. The van der Waals surface area contributed by atoms with Crippen molar-refractivity contribution in [3.05, 3.63) is 23.8 Å². The van der Waals surface area contributed by atoms with Crippen LogP contribution in [0.4, 0.5) is 5.69 Å². The van der Waals surface area contributed by atoms with Crippen molar-refractivity contribution in [1.29, 1.82) is 0 Å². The zero-order valence-corrected chi connectivity index (χ0v) is 11.5. The monoisotopic (exact) mass is 237 g/mol. The van der Waals surface area contributed by atoms with Crippen LogP contribution in [0.3, 0.4) is 0 Å². The highest BCUT2D eigenvalue weighted by molar-refractivity contribution is 5.59. The third-order valence-electron chi connectivity index (χ3n) is 2.69. The molecule has 0 heterocycles. The van der Waals surface area contributed by atoms with E-state index in [0.29, 0.717) is 6.61 Å². The second-order valence-corrected chi connectivity index (χ2v) is 5.08. The van der Waals surface area contributed by atoms with E-state index in [2.05, 4.69) is 38.2 Å². The van der Waals surface area contributed by atoms with Crippen molar-refractivity contribution in [2.75, 3.05) is 32.7 Å². The molecule has 0 aliphatic carbocycles. The molecule has 0 atom stereocenters. The minimum Gasteiger partial charge on any atom is -0.495 e. The lowest BCUT2D eigenvalue weighted by Crippen LogP contribution is -2.13.